The maximum Gasteiger partial charge on any atom is 0.416 e. The molecular formula is C30H22F6O4. The third-order valence-electron chi connectivity index (χ3n) is 6.00. The first-order valence-corrected chi connectivity index (χ1v) is 12.0. The highest BCUT2D eigenvalue weighted by Crippen LogP contribution is 2.41. The first kappa shape index (κ1) is 28.5. The van der Waals surface area contributed by atoms with E-state index in [0.717, 1.165) is 47.5 Å². The molecule has 4 aromatic carbocycles. The van der Waals surface area contributed by atoms with E-state index < -0.39 is 29.4 Å². The quantitative estimate of drug-likeness (QED) is 0.218. The van der Waals surface area contributed by atoms with Gasteiger partial charge in [-0.15, -0.1) is 0 Å². The van der Waals surface area contributed by atoms with Crippen LogP contribution in [0, 0.1) is 6.92 Å². The van der Waals surface area contributed by atoms with E-state index in [4.69, 9.17) is 14.6 Å². The first-order valence-electron chi connectivity index (χ1n) is 12.0. The molecule has 0 aliphatic carbocycles. The van der Waals surface area contributed by atoms with Gasteiger partial charge in [0.25, 0.3) is 0 Å². The molecule has 0 aliphatic heterocycles. The van der Waals surface area contributed by atoms with Crippen molar-refractivity contribution in [2.45, 2.75) is 32.1 Å². The van der Waals surface area contributed by atoms with Gasteiger partial charge in [0.2, 0.25) is 0 Å². The minimum Gasteiger partial charge on any atom is -0.481 e. The smallest absolute Gasteiger partial charge is 0.416 e. The fourth-order valence-corrected chi connectivity index (χ4v) is 4.00. The number of hydrogen-bond donors (Lipinski definition) is 1. The van der Waals surface area contributed by atoms with Crippen molar-refractivity contribution in [3.8, 4) is 34.1 Å². The summed E-state index contributed by atoms with van der Waals surface area (Å²) in [6.45, 7) is 1.82. The lowest BCUT2D eigenvalue weighted by molar-refractivity contribution is -0.138. The van der Waals surface area contributed by atoms with E-state index in [1.807, 2.05) is 6.92 Å². The van der Waals surface area contributed by atoms with Crippen molar-refractivity contribution < 1.29 is 45.7 Å². The van der Waals surface area contributed by atoms with Crippen LogP contribution >= 0.6 is 0 Å². The Bertz CT molecular complexity index is 1530. The highest BCUT2D eigenvalue weighted by atomic mass is 19.4. The molecule has 0 aromatic heterocycles. The summed E-state index contributed by atoms with van der Waals surface area (Å²) in [5, 5.41) is 8.89. The molecular weight excluding hydrogens is 538 g/mol. The molecule has 4 nitrogen and oxygen atoms in total. The van der Waals surface area contributed by atoms with Gasteiger partial charge in [-0.1, -0.05) is 24.3 Å². The van der Waals surface area contributed by atoms with Gasteiger partial charge in [0, 0.05) is 18.1 Å². The highest BCUT2D eigenvalue weighted by Gasteiger charge is 2.33. The second-order valence-corrected chi connectivity index (χ2v) is 8.95. The Hall–Kier alpha value is -4.47. The predicted octanol–water partition coefficient (Wildman–Crippen LogP) is 9.30. The molecule has 208 valence electrons. The van der Waals surface area contributed by atoms with Gasteiger partial charge in [0.1, 0.15) is 23.0 Å². The average molecular weight is 560 g/mol. The van der Waals surface area contributed by atoms with Gasteiger partial charge in [-0.25, -0.2) is 0 Å². The van der Waals surface area contributed by atoms with E-state index in [9.17, 15) is 31.1 Å². The van der Waals surface area contributed by atoms with Crippen LogP contribution in [0.3, 0.4) is 0 Å². The Labute approximate surface area is 225 Å². The molecule has 0 spiro atoms. The number of aliphatic carboxylic acids is 1. The maximum absolute atomic E-state index is 13.4. The van der Waals surface area contributed by atoms with Gasteiger partial charge >= 0.3 is 18.3 Å². The zero-order chi connectivity index (χ0) is 29.1. The van der Waals surface area contributed by atoms with Crippen LogP contribution in [0.1, 0.15) is 28.7 Å². The van der Waals surface area contributed by atoms with Crippen molar-refractivity contribution >= 4 is 5.97 Å². The van der Waals surface area contributed by atoms with E-state index in [2.05, 4.69) is 0 Å². The SMILES string of the molecule is Cc1cc(Oc2cccc(Oc3ccc(C(F)(F)F)cc3-c3cccc(C(F)(F)F)c3)c2)ccc1CCC(=O)O. The molecule has 4 aromatic rings. The van der Waals surface area contributed by atoms with Crippen molar-refractivity contribution in [3.63, 3.8) is 0 Å². The number of alkyl halides is 6. The number of hydrogen-bond acceptors (Lipinski definition) is 3. The molecule has 0 fully saturated rings. The number of rotatable bonds is 8. The Morgan fingerprint density at radius 3 is 2.00 bits per heavy atom. The van der Waals surface area contributed by atoms with Gasteiger partial charge in [0.05, 0.1) is 11.1 Å². The molecule has 0 atom stereocenters. The minimum atomic E-state index is -4.72. The summed E-state index contributed by atoms with van der Waals surface area (Å²) in [5.74, 6) is -0.000171. The number of benzene rings is 4. The van der Waals surface area contributed by atoms with Gasteiger partial charge in [-0.05, 0) is 84.6 Å². The van der Waals surface area contributed by atoms with Gasteiger partial charge < -0.3 is 14.6 Å². The normalized spacial score (nSPS) is 11.8. The van der Waals surface area contributed by atoms with E-state index in [0.29, 0.717) is 17.9 Å². The summed E-state index contributed by atoms with van der Waals surface area (Å²) in [5.41, 5.74) is -0.612. The minimum absolute atomic E-state index is 0.00708. The maximum atomic E-state index is 13.4. The third kappa shape index (κ3) is 7.13. The van der Waals surface area contributed by atoms with Gasteiger partial charge in [-0.2, -0.15) is 26.3 Å². The molecule has 0 aliphatic rings. The van der Waals surface area contributed by atoms with Crippen LogP contribution in [0.25, 0.3) is 11.1 Å². The van der Waals surface area contributed by atoms with E-state index in [1.54, 1.807) is 30.3 Å². The summed E-state index contributed by atoms with van der Waals surface area (Å²) in [6.07, 6.45) is -9.04. The molecule has 1 N–H and O–H groups in total. The second kappa shape index (κ2) is 11.3. The summed E-state index contributed by atoms with van der Waals surface area (Å²) >= 11 is 0. The lowest BCUT2D eigenvalue weighted by atomic mass is 9.99. The lowest BCUT2D eigenvalue weighted by Gasteiger charge is -2.16. The molecule has 0 amide bonds. The molecule has 0 bridgehead atoms. The Balaban J connectivity index is 1.63. The summed E-state index contributed by atoms with van der Waals surface area (Å²) < 4.78 is 91.9. The van der Waals surface area contributed by atoms with Crippen LogP contribution in [-0.2, 0) is 23.6 Å². The Morgan fingerprint density at radius 1 is 0.725 bits per heavy atom. The van der Waals surface area contributed by atoms with E-state index in [1.165, 1.54) is 18.2 Å². The average Bonchev–Trinajstić information content (AvgIpc) is 2.87. The lowest BCUT2D eigenvalue weighted by Crippen LogP contribution is -2.06. The molecule has 4 rings (SSSR count). The zero-order valence-electron chi connectivity index (χ0n) is 20.9. The predicted molar refractivity (Wildman–Crippen MR) is 136 cm³/mol. The van der Waals surface area contributed by atoms with Crippen LogP contribution in [0.2, 0.25) is 0 Å². The Morgan fingerprint density at radius 2 is 1.35 bits per heavy atom. The second-order valence-electron chi connectivity index (χ2n) is 8.95. The molecule has 10 heteroatoms. The van der Waals surface area contributed by atoms with Gasteiger partial charge in [0.15, 0.2) is 0 Å². The summed E-state index contributed by atoms with van der Waals surface area (Å²) in [6, 6.07) is 18.0. The van der Waals surface area contributed by atoms with Crippen molar-refractivity contribution in [1.29, 1.82) is 0 Å². The number of aryl methyl sites for hydroxylation is 2. The molecule has 0 unspecified atom stereocenters. The van der Waals surface area contributed by atoms with Crippen molar-refractivity contribution in [2.75, 3.05) is 0 Å². The number of carboxylic acid groups (broad SMARTS) is 1. The number of carboxylic acids is 1. The standard InChI is InChI=1S/C30H22F6O4/c1-18-14-25(11-8-19(18)9-13-28(37)38)39-23-6-3-7-24(17-23)40-27-12-10-22(30(34,35)36)16-26(27)20-4-2-5-21(15-20)29(31,32)33/h2-8,10-12,14-17H,9,13H2,1H3,(H,37,38). The first-order chi connectivity index (χ1) is 18.8. The summed E-state index contributed by atoms with van der Waals surface area (Å²) in [7, 11) is 0. The van der Waals surface area contributed by atoms with Crippen molar-refractivity contribution in [3.05, 3.63) is 107 Å². The zero-order valence-corrected chi connectivity index (χ0v) is 20.9. The number of ether oxygens (including phenoxy) is 2. The Kier molecular flexibility index (Phi) is 8.08. The van der Waals surface area contributed by atoms with Crippen molar-refractivity contribution in [1.82, 2.24) is 0 Å². The van der Waals surface area contributed by atoms with E-state index in [-0.39, 0.29) is 29.0 Å². The summed E-state index contributed by atoms with van der Waals surface area (Å²) in [4.78, 5) is 10.8. The van der Waals surface area contributed by atoms with E-state index >= 15 is 0 Å². The highest BCUT2D eigenvalue weighted by molar-refractivity contribution is 5.72. The van der Waals surface area contributed by atoms with Gasteiger partial charge in [-0.3, -0.25) is 4.79 Å². The largest absolute Gasteiger partial charge is 0.481 e. The van der Waals surface area contributed by atoms with Crippen LogP contribution in [0.5, 0.6) is 23.0 Å². The van der Waals surface area contributed by atoms with Crippen LogP contribution < -0.4 is 9.47 Å². The molecule has 40 heavy (non-hydrogen) atoms. The fraction of sp³-hybridized carbons (Fsp3) is 0.167. The third-order valence-corrected chi connectivity index (χ3v) is 6.00. The number of halogens is 6. The monoisotopic (exact) mass is 560 g/mol. The number of carbonyl (C=O) groups is 1. The topological polar surface area (TPSA) is 55.8 Å². The molecule has 0 saturated carbocycles. The molecule has 0 heterocycles. The molecule has 0 radical (unpaired) electrons. The van der Waals surface area contributed by atoms with Crippen LogP contribution in [0.4, 0.5) is 26.3 Å². The van der Waals surface area contributed by atoms with Crippen LogP contribution in [-0.4, -0.2) is 11.1 Å². The van der Waals surface area contributed by atoms with Crippen molar-refractivity contribution in [2.24, 2.45) is 0 Å². The molecule has 0 saturated heterocycles. The fourth-order valence-electron chi connectivity index (χ4n) is 4.00. The van der Waals surface area contributed by atoms with Crippen LogP contribution in [0.15, 0.2) is 84.9 Å².